The van der Waals surface area contributed by atoms with Gasteiger partial charge >= 0.3 is 0 Å². The Morgan fingerprint density at radius 1 is 1.05 bits per heavy atom. The molecule has 0 fully saturated rings. The average Bonchev–Trinajstić information content (AvgIpc) is 2.40. The number of nitrogens with one attached hydrogen (secondary N) is 1. The molecule has 0 spiro atoms. The van der Waals surface area contributed by atoms with Gasteiger partial charge in [0.15, 0.2) is 0 Å². The highest BCUT2D eigenvalue weighted by Gasteiger charge is 2.17. The van der Waals surface area contributed by atoms with Gasteiger partial charge in [-0.2, -0.15) is 0 Å². The Kier molecular flexibility index (Phi) is 4.20. The van der Waals surface area contributed by atoms with Crippen LogP contribution >= 0.6 is 0 Å². The van der Waals surface area contributed by atoms with E-state index in [-0.39, 0.29) is 5.54 Å². The summed E-state index contributed by atoms with van der Waals surface area (Å²) in [5.41, 5.74) is 2.61. The van der Waals surface area contributed by atoms with Crippen molar-refractivity contribution in [2.24, 2.45) is 0 Å². The molecule has 1 heterocycles. The first kappa shape index (κ1) is 13.6. The van der Waals surface area contributed by atoms with Crippen molar-refractivity contribution in [2.75, 3.05) is 5.32 Å². The van der Waals surface area contributed by atoms with Crippen molar-refractivity contribution >= 4 is 5.82 Å². The van der Waals surface area contributed by atoms with Crippen molar-refractivity contribution in [3.05, 3.63) is 59.8 Å². The number of hydrogen-bond donors (Lipinski definition) is 1. The van der Waals surface area contributed by atoms with Gasteiger partial charge in [0.2, 0.25) is 0 Å². The number of pyridine rings is 1. The van der Waals surface area contributed by atoms with Gasteiger partial charge in [-0.25, -0.2) is 4.98 Å². The van der Waals surface area contributed by atoms with Crippen LogP contribution in [-0.2, 0) is 6.42 Å². The van der Waals surface area contributed by atoms with Crippen molar-refractivity contribution < 1.29 is 0 Å². The zero-order valence-electron chi connectivity index (χ0n) is 12.0. The van der Waals surface area contributed by atoms with E-state index in [9.17, 15) is 0 Å². The quantitative estimate of drug-likeness (QED) is 0.864. The highest BCUT2D eigenvalue weighted by Crippen LogP contribution is 2.19. The van der Waals surface area contributed by atoms with Crippen LogP contribution in [0.1, 0.15) is 31.4 Å². The normalized spacial score (nSPS) is 11.3. The molecule has 2 nitrogen and oxygen atoms in total. The predicted molar refractivity (Wildman–Crippen MR) is 81.4 cm³/mol. The minimum absolute atomic E-state index is 0.0398. The SMILES string of the molecule is Cc1ccc(NC(C)(C)CCc2ccccc2)nc1. The molecule has 0 aliphatic heterocycles. The summed E-state index contributed by atoms with van der Waals surface area (Å²) in [5.74, 6) is 0.948. The average molecular weight is 254 g/mol. The molecule has 0 aliphatic carbocycles. The van der Waals surface area contributed by atoms with Crippen LogP contribution in [0.4, 0.5) is 5.82 Å². The number of aryl methyl sites for hydroxylation is 2. The van der Waals surface area contributed by atoms with Crippen LogP contribution in [-0.4, -0.2) is 10.5 Å². The van der Waals surface area contributed by atoms with Crippen LogP contribution in [0.25, 0.3) is 0 Å². The molecule has 2 aromatic rings. The molecular weight excluding hydrogens is 232 g/mol. The van der Waals surface area contributed by atoms with E-state index in [0.29, 0.717) is 0 Å². The second-order valence-corrected chi connectivity index (χ2v) is 5.72. The van der Waals surface area contributed by atoms with E-state index in [4.69, 9.17) is 0 Å². The molecule has 0 bridgehead atoms. The van der Waals surface area contributed by atoms with Gasteiger partial charge in [0.25, 0.3) is 0 Å². The zero-order valence-corrected chi connectivity index (χ0v) is 12.0. The van der Waals surface area contributed by atoms with Gasteiger partial charge in [-0.15, -0.1) is 0 Å². The molecule has 0 amide bonds. The van der Waals surface area contributed by atoms with Gasteiger partial charge < -0.3 is 5.32 Å². The van der Waals surface area contributed by atoms with E-state index in [2.05, 4.69) is 67.5 Å². The van der Waals surface area contributed by atoms with E-state index in [1.54, 1.807) is 0 Å². The Morgan fingerprint density at radius 3 is 2.42 bits per heavy atom. The maximum Gasteiger partial charge on any atom is 0.126 e. The van der Waals surface area contributed by atoms with Gasteiger partial charge in [-0.3, -0.25) is 0 Å². The van der Waals surface area contributed by atoms with Crippen molar-refractivity contribution in [1.29, 1.82) is 0 Å². The minimum Gasteiger partial charge on any atom is -0.365 e. The molecule has 0 saturated carbocycles. The van der Waals surface area contributed by atoms with Gasteiger partial charge in [0, 0.05) is 11.7 Å². The lowest BCUT2D eigenvalue weighted by molar-refractivity contribution is 0.516. The second kappa shape index (κ2) is 5.87. The maximum absolute atomic E-state index is 4.41. The molecule has 0 saturated heterocycles. The highest BCUT2D eigenvalue weighted by atomic mass is 15.0. The van der Waals surface area contributed by atoms with Crippen LogP contribution in [0.3, 0.4) is 0 Å². The summed E-state index contributed by atoms with van der Waals surface area (Å²) in [6.45, 7) is 6.49. The third kappa shape index (κ3) is 4.40. The largest absolute Gasteiger partial charge is 0.365 e. The summed E-state index contributed by atoms with van der Waals surface area (Å²) in [6, 6.07) is 14.7. The van der Waals surface area contributed by atoms with E-state index >= 15 is 0 Å². The van der Waals surface area contributed by atoms with Gasteiger partial charge in [-0.1, -0.05) is 36.4 Å². The van der Waals surface area contributed by atoms with Crippen molar-refractivity contribution in [2.45, 2.75) is 39.2 Å². The molecular formula is C17H22N2. The third-order valence-electron chi connectivity index (χ3n) is 3.26. The third-order valence-corrected chi connectivity index (χ3v) is 3.26. The molecule has 100 valence electrons. The molecule has 2 rings (SSSR count). The van der Waals surface area contributed by atoms with Crippen LogP contribution in [0.2, 0.25) is 0 Å². The zero-order chi connectivity index (χ0) is 13.7. The number of rotatable bonds is 5. The first-order valence-electron chi connectivity index (χ1n) is 6.80. The summed E-state index contributed by atoms with van der Waals surface area (Å²) in [5, 5.41) is 3.50. The molecule has 1 N–H and O–H groups in total. The molecule has 0 radical (unpaired) electrons. The molecule has 1 aromatic heterocycles. The summed E-state index contributed by atoms with van der Waals surface area (Å²) in [6.07, 6.45) is 4.05. The monoisotopic (exact) mass is 254 g/mol. The topological polar surface area (TPSA) is 24.9 Å². The van der Waals surface area contributed by atoms with E-state index in [1.807, 2.05) is 12.3 Å². The lowest BCUT2D eigenvalue weighted by atomic mass is 9.95. The second-order valence-electron chi connectivity index (χ2n) is 5.72. The molecule has 2 heteroatoms. The van der Waals surface area contributed by atoms with Crippen LogP contribution in [0, 0.1) is 6.92 Å². The summed E-state index contributed by atoms with van der Waals surface area (Å²) in [7, 11) is 0. The van der Waals surface area contributed by atoms with E-state index in [0.717, 1.165) is 18.7 Å². The Morgan fingerprint density at radius 2 is 1.79 bits per heavy atom. The Labute approximate surface area is 115 Å². The van der Waals surface area contributed by atoms with Crippen LogP contribution in [0.5, 0.6) is 0 Å². The fourth-order valence-corrected chi connectivity index (χ4v) is 2.05. The molecule has 0 aliphatic rings. The number of nitrogens with zero attached hydrogens (tertiary/aromatic N) is 1. The van der Waals surface area contributed by atoms with E-state index in [1.165, 1.54) is 11.1 Å². The lowest BCUT2D eigenvalue weighted by Crippen LogP contribution is -2.31. The van der Waals surface area contributed by atoms with Gasteiger partial charge in [0.05, 0.1) is 0 Å². The summed E-state index contributed by atoms with van der Waals surface area (Å²) in [4.78, 5) is 4.41. The Balaban J connectivity index is 1.93. The Hall–Kier alpha value is -1.83. The number of hydrogen-bond acceptors (Lipinski definition) is 2. The first-order chi connectivity index (χ1) is 9.05. The van der Waals surface area contributed by atoms with Crippen molar-refractivity contribution in [3.8, 4) is 0 Å². The smallest absolute Gasteiger partial charge is 0.126 e. The van der Waals surface area contributed by atoms with Crippen molar-refractivity contribution in [3.63, 3.8) is 0 Å². The molecule has 0 unspecified atom stereocenters. The van der Waals surface area contributed by atoms with Crippen molar-refractivity contribution in [1.82, 2.24) is 4.98 Å². The summed E-state index contributed by atoms with van der Waals surface area (Å²) < 4.78 is 0. The maximum atomic E-state index is 4.41. The highest BCUT2D eigenvalue weighted by molar-refractivity contribution is 5.38. The number of anilines is 1. The number of aromatic nitrogens is 1. The summed E-state index contributed by atoms with van der Waals surface area (Å²) >= 11 is 0. The predicted octanol–water partition coefficient (Wildman–Crippen LogP) is 4.21. The minimum atomic E-state index is 0.0398. The molecule has 19 heavy (non-hydrogen) atoms. The van der Waals surface area contributed by atoms with E-state index < -0.39 is 0 Å². The standard InChI is InChI=1S/C17H22N2/c1-14-9-10-16(18-13-14)19-17(2,3)12-11-15-7-5-4-6-8-15/h4-10,13H,11-12H2,1-3H3,(H,18,19). The number of benzene rings is 1. The first-order valence-corrected chi connectivity index (χ1v) is 6.80. The van der Waals surface area contributed by atoms with Crippen LogP contribution in [0.15, 0.2) is 48.7 Å². The molecule has 1 aromatic carbocycles. The van der Waals surface area contributed by atoms with Gasteiger partial charge in [0.1, 0.15) is 5.82 Å². The molecule has 0 atom stereocenters. The fourth-order valence-electron chi connectivity index (χ4n) is 2.05. The Bertz CT molecular complexity index is 501. The van der Waals surface area contributed by atoms with Crippen LogP contribution < -0.4 is 5.32 Å². The van der Waals surface area contributed by atoms with Gasteiger partial charge in [-0.05, 0) is 50.8 Å². The lowest BCUT2D eigenvalue weighted by Gasteiger charge is -2.27. The fraction of sp³-hybridized carbons (Fsp3) is 0.353.